The van der Waals surface area contributed by atoms with E-state index in [1.807, 2.05) is 0 Å². The Morgan fingerprint density at radius 3 is 3.00 bits per heavy atom. The number of nitrogens with two attached hydrogens (primary N) is 1. The Morgan fingerprint density at radius 2 is 2.23 bits per heavy atom. The van der Waals surface area contributed by atoms with Gasteiger partial charge in [0, 0.05) is 6.42 Å². The summed E-state index contributed by atoms with van der Waals surface area (Å²) in [5.74, 6) is 0.326. The molecule has 2 heteroatoms. The molecular formula is C11H19NO. The molecule has 0 amide bonds. The van der Waals surface area contributed by atoms with Crippen molar-refractivity contribution in [2.24, 2.45) is 5.73 Å². The second kappa shape index (κ2) is 5.92. The smallest absolute Gasteiger partial charge is 0.158 e. The maximum atomic E-state index is 11.6. The van der Waals surface area contributed by atoms with Gasteiger partial charge in [-0.25, -0.2) is 0 Å². The average Bonchev–Trinajstić information content (AvgIpc) is 2.42. The average molecular weight is 181 g/mol. The Hall–Kier alpha value is -0.630. The van der Waals surface area contributed by atoms with Crippen molar-refractivity contribution in [1.82, 2.24) is 0 Å². The molecule has 0 radical (unpaired) electrons. The summed E-state index contributed by atoms with van der Waals surface area (Å²) in [5.41, 5.74) is 6.43. The Bertz CT molecular complexity index is 196. The predicted octanol–water partition coefficient (Wildman–Crippen LogP) is 2.18. The van der Waals surface area contributed by atoms with Gasteiger partial charge >= 0.3 is 0 Å². The molecule has 1 rings (SSSR count). The lowest BCUT2D eigenvalue weighted by Gasteiger charge is -2.02. The molecule has 0 aliphatic heterocycles. The van der Waals surface area contributed by atoms with E-state index in [2.05, 4.69) is 6.08 Å². The lowest BCUT2D eigenvalue weighted by atomic mass is 10.0. The van der Waals surface area contributed by atoms with E-state index in [0.717, 1.165) is 24.8 Å². The normalized spacial score (nSPS) is 17.8. The quantitative estimate of drug-likeness (QED) is 0.722. The highest BCUT2D eigenvalue weighted by atomic mass is 16.1. The van der Waals surface area contributed by atoms with Gasteiger partial charge in [-0.2, -0.15) is 0 Å². The molecule has 13 heavy (non-hydrogen) atoms. The van der Waals surface area contributed by atoms with E-state index >= 15 is 0 Å². The van der Waals surface area contributed by atoms with Gasteiger partial charge in [-0.05, 0) is 44.2 Å². The summed E-state index contributed by atoms with van der Waals surface area (Å²) in [6.07, 6.45) is 9.37. The van der Waals surface area contributed by atoms with E-state index < -0.39 is 0 Å². The van der Waals surface area contributed by atoms with E-state index in [1.54, 1.807) is 0 Å². The molecule has 1 aliphatic carbocycles. The van der Waals surface area contributed by atoms with Crippen molar-refractivity contribution in [2.45, 2.75) is 44.9 Å². The monoisotopic (exact) mass is 181 g/mol. The van der Waals surface area contributed by atoms with Crippen LogP contribution >= 0.6 is 0 Å². The maximum Gasteiger partial charge on any atom is 0.158 e. The van der Waals surface area contributed by atoms with Gasteiger partial charge in [-0.3, -0.25) is 4.79 Å². The highest BCUT2D eigenvalue weighted by molar-refractivity contribution is 5.95. The largest absolute Gasteiger partial charge is 0.330 e. The van der Waals surface area contributed by atoms with Crippen molar-refractivity contribution in [3.8, 4) is 0 Å². The zero-order chi connectivity index (χ0) is 9.52. The van der Waals surface area contributed by atoms with Gasteiger partial charge in [0.15, 0.2) is 5.78 Å². The SMILES string of the molecule is NCCCC(=O)C1=CCCCCC1. The van der Waals surface area contributed by atoms with E-state index in [-0.39, 0.29) is 0 Å². The predicted molar refractivity (Wildman–Crippen MR) is 54.5 cm³/mol. The van der Waals surface area contributed by atoms with Crippen LogP contribution < -0.4 is 5.73 Å². The maximum absolute atomic E-state index is 11.6. The third-order valence-corrected chi connectivity index (χ3v) is 2.51. The number of rotatable bonds is 4. The number of allylic oxidation sites excluding steroid dienone is 2. The fraction of sp³-hybridized carbons (Fsp3) is 0.727. The van der Waals surface area contributed by atoms with Crippen molar-refractivity contribution in [3.63, 3.8) is 0 Å². The molecule has 0 saturated heterocycles. The fourth-order valence-electron chi connectivity index (χ4n) is 1.69. The Balaban J connectivity index is 2.39. The Labute approximate surface area is 80.2 Å². The van der Waals surface area contributed by atoms with E-state index in [1.165, 1.54) is 19.3 Å². The number of hydrogen-bond donors (Lipinski definition) is 1. The van der Waals surface area contributed by atoms with Crippen molar-refractivity contribution in [1.29, 1.82) is 0 Å². The van der Waals surface area contributed by atoms with Crippen LogP contribution in [0.5, 0.6) is 0 Å². The van der Waals surface area contributed by atoms with Crippen LogP contribution in [0.4, 0.5) is 0 Å². The van der Waals surface area contributed by atoms with Crippen LogP contribution in [-0.4, -0.2) is 12.3 Å². The number of ketones is 1. The van der Waals surface area contributed by atoms with Crippen LogP contribution in [-0.2, 0) is 4.79 Å². The number of Topliss-reactive ketones (excluding diaryl/α,β-unsaturated/α-hetero) is 1. The van der Waals surface area contributed by atoms with Gasteiger partial charge in [-0.1, -0.05) is 12.5 Å². The van der Waals surface area contributed by atoms with Crippen molar-refractivity contribution < 1.29 is 4.79 Å². The van der Waals surface area contributed by atoms with Gasteiger partial charge in [0.25, 0.3) is 0 Å². The van der Waals surface area contributed by atoms with Crippen LogP contribution in [0, 0.1) is 0 Å². The van der Waals surface area contributed by atoms with Gasteiger partial charge in [0.1, 0.15) is 0 Å². The third kappa shape index (κ3) is 3.73. The standard InChI is InChI=1S/C11H19NO/c12-9-5-8-11(13)10-6-3-1-2-4-7-10/h6H,1-5,7-9,12H2. The minimum atomic E-state index is 0.326. The molecular weight excluding hydrogens is 162 g/mol. The van der Waals surface area contributed by atoms with Crippen molar-refractivity contribution in [2.75, 3.05) is 6.54 Å². The molecule has 0 saturated carbocycles. The highest BCUT2D eigenvalue weighted by Crippen LogP contribution is 2.18. The second-order valence-electron chi connectivity index (χ2n) is 3.64. The van der Waals surface area contributed by atoms with Crippen molar-refractivity contribution in [3.05, 3.63) is 11.6 Å². The van der Waals surface area contributed by atoms with Gasteiger partial charge in [-0.15, -0.1) is 0 Å². The summed E-state index contributed by atoms with van der Waals surface area (Å²) in [6, 6.07) is 0. The first kappa shape index (κ1) is 10.5. The van der Waals surface area contributed by atoms with Crippen LogP contribution in [0.25, 0.3) is 0 Å². The van der Waals surface area contributed by atoms with Gasteiger partial charge in [0.05, 0.1) is 0 Å². The zero-order valence-electron chi connectivity index (χ0n) is 8.22. The lowest BCUT2D eigenvalue weighted by Crippen LogP contribution is -2.06. The molecule has 1 aliphatic rings. The Kier molecular flexibility index (Phi) is 4.76. The molecule has 0 aromatic rings. The molecule has 0 aromatic carbocycles. The first-order chi connectivity index (χ1) is 6.34. The summed E-state index contributed by atoms with van der Waals surface area (Å²) >= 11 is 0. The van der Waals surface area contributed by atoms with E-state index in [0.29, 0.717) is 18.7 Å². The zero-order valence-corrected chi connectivity index (χ0v) is 8.22. The minimum Gasteiger partial charge on any atom is -0.330 e. The molecule has 0 spiro atoms. The molecule has 0 fully saturated rings. The number of carbonyl (C=O) groups excluding carboxylic acids is 1. The number of carbonyl (C=O) groups is 1. The first-order valence-corrected chi connectivity index (χ1v) is 5.27. The summed E-state index contributed by atoms with van der Waals surface area (Å²) in [4.78, 5) is 11.6. The molecule has 0 atom stereocenters. The molecule has 74 valence electrons. The van der Waals surface area contributed by atoms with Crippen LogP contribution in [0.15, 0.2) is 11.6 Å². The topological polar surface area (TPSA) is 43.1 Å². The van der Waals surface area contributed by atoms with E-state index in [9.17, 15) is 4.79 Å². The molecule has 0 heterocycles. The first-order valence-electron chi connectivity index (χ1n) is 5.27. The lowest BCUT2D eigenvalue weighted by molar-refractivity contribution is -0.115. The van der Waals surface area contributed by atoms with Crippen LogP contribution in [0.3, 0.4) is 0 Å². The molecule has 2 nitrogen and oxygen atoms in total. The molecule has 0 aromatic heterocycles. The van der Waals surface area contributed by atoms with Gasteiger partial charge in [0.2, 0.25) is 0 Å². The molecule has 0 unspecified atom stereocenters. The second-order valence-corrected chi connectivity index (χ2v) is 3.64. The third-order valence-electron chi connectivity index (χ3n) is 2.51. The summed E-state index contributed by atoms with van der Waals surface area (Å²) in [5, 5.41) is 0. The highest BCUT2D eigenvalue weighted by Gasteiger charge is 2.10. The molecule has 0 bridgehead atoms. The Morgan fingerprint density at radius 1 is 1.38 bits per heavy atom. The van der Waals surface area contributed by atoms with Gasteiger partial charge < -0.3 is 5.73 Å². The van der Waals surface area contributed by atoms with Crippen molar-refractivity contribution >= 4 is 5.78 Å². The van der Waals surface area contributed by atoms with Crippen LogP contribution in [0.2, 0.25) is 0 Å². The fourth-order valence-corrected chi connectivity index (χ4v) is 1.69. The summed E-state index contributed by atoms with van der Waals surface area (Å²) in [6.45, 7) is 0.624. The van der Waals surface area contributed by atoms with E-state index in [4.69, 9.17) is 5.73 Å². The molecule has 2 N–H and O–H groups in total. The minimum absolute atomic E-state index is 0.326. The van der Waals surface area contributed by atoms with Crippen LogP contribution in [0.1, 0.15) is 44.9 Å². The summed E-state index contributed by atoms with van der Waals surface area (Å²) in [7, 11) is 0. The summed E-state index contributed by atoms with van der Waals surface area (Å²) < 4.78 is 0. The number of hydrogen-bond acceptors (Lipinski definition) is 2.